The van der Waals surface area contributed by atoms with Gasteiger partial charge in [0.1, 0.15) is 17.3 Å². The highest BCUT2D eigenvalue weighted by molar-refractivity contribution is 6.30. The zero-order valence-corrected chi connectivity index (χ0v) is 22.8. The number of aromatic nitrogens is 2. The van der Waals surface area contributed by atoms with Gasteiger partial charge in [-0.25, -0.2) is 9.07 Å². The molecule has 1 heterocycles. The SMILES string of the molecule is CCCCCCCCCCCCCCCCCCNC(=O)c1ccn(COc2ccc(F)c(Cl)c2)n1. The van der Waals surface area contributed by atoms with Gasteiger partial charge in [0, 0.05) is 18.8 Å². The van der Waals surface area contributed by atoms with Crippen LogP contribution in [0.2, 0.25) is 5.02 Å². The highest BCUT2D eigenvalue weighted by atomic mass is 35.5. The lowest BCUT2D eigenvalue weighted by molar-refractivity contribution is 0.0946. The van der Waals surface area contributed by atoms with Gasteiger partial charge in [-0.1, -0.05) is 115 Å². The molecule has 7 heteroatoms. The van der Waals surface area contributed by atoms with Gasteiger partial charge in [0.05, 0.1) is 5.02 Å². The van der Waals surface area contributed by atoms with E-state index in [1.807, 2.05) is 0 Å². The third-order valence-electron chi connectivity index (χ3n) is 6.44. The summed E-state index contributed by atoms with van der Waals surface area (Å²) in [7, 11) is 0. The summed E-state index contributed by atoms with van der Waals surface area (Å²) in [5.74, 6) is -0.239. The Bertz CT molecular complexity index is 859. The molecule has 202 valence electrons. The van der Waals surface area contributed by atoms with Crippen LogP contribution in [0.3, 0.4) is 0 Å². The molecule has 1 aromatic carbocycles. The normalized spacial score (nSPS) is 11.1. The first kappa shape index (κ1) is 30.1. The molecule has 0 saturated heterocycles. The molecule has 5 nitrogen and oxygen atoms in total. The van der Waals surface area contributed by atoms with Crippen molar-refractivity contribution in [1.82, 2.24) is 15.1 Å². The Morgan fingerprint density at radius 3 is 2.00 bits per heavy atom. The number of hydrogen-bond donors (Lipinski definition) is 1. The molecule has 2 rings (SSSR count). The minimum absolute atomic E-state index is 0.00196. The third kappa shape index (κ3) is 13.3. The van der Waals surface area contributed by atoms with Gasteiger partial charge in [0.25, 0.3) is 5.91 Å². The van der Waals surface area contributed by atoms with E-state index < -0.39 is 5.82 Å². The Labute approximate surface area is 222 Å². The third-order valence-corrected chi connectivity index (χ3v) is 6.73. The predicted molar refractivity (Wildman–Crippen MR) is 146 cm³/mol. The van der Waals surface area contributed by atoms with Gasteiger partial charge in [-0.3, -0.25) is 4.79 Å². The van der Waals surface area contributed by atoms with Crippen LogP contribution >= 0.6 is 11.6 Å². The highest BCUT2D eigenvalue weighted by Crippen LogP contribution is 2.21. The molecular formula is C29H45ClFN3O2. The zero-order chi connectivity index (χ0) is 25.8. The minimum Gasteiger partial charge on any atom is -0.471 e. The summed E-state index contributed by atoms with van der Waals surface area (Å²) in [4.78, 5) is 12.3. The number of benzene rings is 1. The second kappa shape index (κ2) is 19.1. The van der Waals surface area contributed by atoms with Crippen molar-refractivity contribution in [2.45, 2.75) is 116 Å². The summed E-state index contributed by atoms with van der Waals surface area (Å²) >= 11 is 5.75. The van der Waals surface area contributed by atoms with Crippen molar-refractivity contribution in [2.24, 2.45) is 0 Å². The lowest BCUT2D eigenvalue weighted by Crippen LogP contribution is -2.25. The summed E-state index contributed by atoms with van der Waals surface area (Å²) in [5, 5.41) is 7.17. The van der Waals surface area contributed by atoms with Gasteiger partial charge in [0.15, 0.2) is 6.73 Å². The second-order valence-electron chi connectivity index (χ2n) is 9.65. The smallest absolute Gasteiger partial charge is 0.271 e. The fraction of sp³-hybridized carbons (Fsp3) is 0.655. The van der Waals surface area contributed by atoms with E-state index in [9.17, 15) is 9.18 Å². The fourth-order valence-electron chi connectivity index (χ4n) is 4.23. The molecule has 0 fully saturated rings. The quantitative estimate of drug-likeness (QED) is 0.167. The average Bonchev–Trinajstić information content (AvgIpc) is 3.36. The Hall–Kier alpha value is -2.08. The molecule has 1 amide bonds. The van der Waals surface area contributed by atoms with Crippen LogP contribution in [0.25, 0.3) is 0 Å². The number of amides is 1. The first-order chi connectivity index (χ1) is 17.6. The van der Waals surface area contributed by atoms with Crippen LogP contribution < -0.4 is 10.1 Å². The number of carbonyl (C=O) groups is 1. The van der Waals surface area contributed by atoms with E-state index in [4.69, 9.17) is 16.3 Å². The Morgan fingerprint density at radius 2 is 1.44 bits per heavy atom. The van der Waals surface area contributed by atoms with Crippen LogP contribution in [0.1, 0.15) is 120 Å². The number of nitrogens with zero attached hydrogens (tertiary/aromatic N) is 2. The van der Waals surface area contributed by atoms with Crippen LogP contribution in [0.4, 0.5) is 4.39 Å². The van der Waals surface area contributed by atoms with Gasteiger partial charge in [-0.2, -0.15) is 5.10 Å². The van der Waals surface area contributed by atoms with E-state index in [1.165, 1.54) is 113 Å². The van der Waals surface area contributed by atoms with Gasteiger partial charge in [-0.15, -0.1) is 0 Å². The molecule has 0 radical (unpaired) electrons. The molecule has 0 aliphatic carbocycles. The largest absolute Gasteiger partial charge is 0.471 e. The highest BCUT2D eigenvalue weighted by Gasteiger charge is 2.09. The summed E-state index contributed by atoms with van der Waals surface area (Å²) in [6.07, 6.45) is 23.0. The molecule has 0 atom stereocenters. The second-order valence-corrected chi connectivity index (χ2v) is 10.1. The lowest BCUT2D eigenvalue weighted by Gasteiger charge is -2.07. The average molecular weight is 522 g/mol. The minimum atomic E-state index is -0.494. The van der Waals surface area contributed by atoms with Gasteiger partial charge < -0.3 is 10.1 Å². The Kier molecular flexibility index (Phi) is 16.0. The van der Waals surface area contributed by atoms with E-state index in [0.29, 0.717) is 18.0 Å². The predicted octanol–water partition coefficient (Wildman–Crippen LogP) is 8.70. The van der Waals surface area contributed by atoms with E-state index in [-0.39, 0.29) is 17.7 Å². The molecule has 0 unspecified atom stereocenters. The first-order valence-corrected chi connectivity index (χ1v) is 14.4. The van der Waals surface area contributed by atoms with Crippen molar-refractivity contribution < 1.29 is 13.9 Å². The maximum atomic E-state index is 13.2. The van der Waals surface area contributed by atoms with E-state index in [0.717, 1.165) is 12.8 Å². The number of unbranched alkanes of at least 4 members (excludes halogenated alkanes) is 15. The molecule has 1 N–H and O–H groups in total. The molecular weight excluding hydrogens is 477 g/mol. The molecule has 0 bridgehead atoms. The Morgan fingerprint density at radius 1 is 0.889 bits per heavy atom. The molecule has 0 spiro atoms. The molecule has 0 aliphatic rings. The summed E-state index contributed by atoms with van der Waals surface area (Å²) in [5.41, 5.74) is 0.354. The van der Waals surface area contributed by atoms with Crippen molar-refractivity contribution in [1.29, 1.82) is 0 Å². The Balaban J connectivity index is 1.41. The van der Waals surface area contributed by atoms with Crippen LogP contribution in [0.5, 0.6) is 5.75 Å². The molecule has 0 saturated carbocycles. The lowest BCUT2D eigenvalue weighted by atomic mass is 10.0. The monoisotopic (exact) mass is 521 g/mol. The molecule has 1 aromatic heterocycles. The number of nitrogens with one attached hydrogen (secondary N) is 1. The molecule has 2 aromatic rings. The maximum Gasteiger partial charge on any atom is 0.271 e. The number of ether oxygens (including phenoxy) is 1. The van der Waals surface area contributed by atoms with Crippen molar-refractivity contribution in [3.05, 3.63) is 47.0 Å². The van der Waals surface area contributed by atoms with E-state index in [1.54, 1.807) is 12.3 Å². The van der Waals surface area contributed by atoms with Gasteiger partial charge in [-0.05, 0) is 24.6 Å². The van der Waals surface area contributed by atoms with E-state index >= 15 is 0 Å². The van der Waals surface area contributed by atoms with Crippen molar-refractivity contribution in [3.63, 3.8) is 0 Å². The zero-order valence-electron chi connectivity index (χ0n) is 22.1. The first-order valence-electron chi connectivity index (χ1n) is 14.0. The topological polar surface area (TPSA) is 56.2 Å². The van der Waals surface area contributed by atoms with Gasteiger partial charge in [0.2, 0.25) is 0 Å². The van der Waals surface area contributed by atoms with Crippen molar-refractivity contribution in [3.8, 4) is 5.75 Å². The van der Waals surface area contributed by atoms with Crippen LogP contribution in [-0.4, -0.2) is 22.2 Å². The fourth-order valence-corrected chi connectivity index (χ4v) is 4.40. The van der Waals surface area contributed by atoms with Crippen LogP contribution in [-0.2, 0) is 6.73 Å². The van der Waals surface area contributed by atoms with Gasteiger partial charge >= 0.3 is 0 Å². The molecule has 36 heavy (non-hydrogen) atoms. The number of halogens is 2. The maximum absolute atomic E-state index is 13.2. The van der Waals surface area contributed by atoms with E-state index in [2.05, 4.69) is 17.3 Å². The number of rotatable bonds is 21. The summed E-state index contributed by atoms with van der Waals surface area (Å²) in [6, 6.07) is 5.81. The van der Waals surface area contributed by atoms with Crippen LogP contribution in [0.15, 0.2) is 30.5 Å². The molecule has 0 aliphatic heterocycles. The van der Waals surface area contributed by atoms with Crippen molar-refractivity contribution >= 4 is 17.5 Å². The number of hydrogen-bond acceptors (Lipinski definition) is 3. The van der Waals surface area contributed by atoms with Crippen LogP contribution in [0, 0.1) is 5.82 Å². The summed E-state index contributed by atoms with van der Waals surface area (Å²) in [6.45, 7) is 3.04. The van der Waals surface area contributed by atoms with Crippen molar-refractivity contribution in [2.75, 3.05) is 6.54 Å². The standard InChI is InChI=1S/C29H45ClFN3O2/c1-2-3-4-5-6-7-8-9-10-11-12-13-14-15-16-17-21-32-29(35)28-20-22-34(33-28)24-36-25-18-19-27(31)26(30)23-25/h18-20,22-23H,2-17,21,24H2,1H3,(H,32,35). The summed E-state index contributed by atoms with van der Waals surface area (Å²) < 4.78 is 20.3. The number of carbonyl (C=O) groups excluding carboxylic acids is 1.